The number of rotatable bonds is 1. The van der Waals surface area contributed by atoms with Crippen molar-refractivity contribution in [2.75, 3.05) is 0 Å². The van der Waals surface area contributed by atoms with Crippen LogP contribution >= 0.6 is 0 Å². The molecule has 0 spiro atoms. The summed E-state index contributed by atoms with van der Waals surface area (Å²) in [6, 6.07) is 14.8. The lowest BCUT2D eigenvalue weighted by molar-refractivity contribution is 0.0829. The molecule has 0 bridgehead atoms. The maximum atomic E-state index is 10.8. The monoisotopic (exact) mass is 226 g/mol. The third-order valence-electron chi connectivity index (χ3n) is 3.56. The van der Waals surface area contributed by atoms with Crippen LogP contribution in [0.3, 0.4) is 0 Å². The molecule has 0 radical (unpaired) electrons. The van der Waals surface area contributed by atoms with Crippen molar-refractivity contribution in [1.82, 2.24) is 0 Å². The summed E-state index contributed by atoms with van der Waals surface area (Å²) in [4.78, 5) is 0. The van der Waals surface area contributed by atoms with Gasteiger partial charge in [0.1, 0.15) is 11.4 Å². The molecule has 1 unspecified atom stereocenters. The van der Waals surface area contributed by atoms with Crippen LogP contribution in [0.25, 0.3) is 0 Å². The highest BCUT2D eigenvalue weighted by atomic mass is 16.3. The van der Waals surface area contributed by atoms with Crippen LogP contribution in [-0.2, 0) is 12.0 Å². The maximum absolute atomic E-state index is 10.8. The molecule has 0 aromatic heterocycles. The van der Waals surface area contributed by atoms with Gasteiger partial charge in [0.05, 0.1) is 0 Å². The lowest BCUT2D eigenvalue weighted by Crippen LogP contribution is -2.23. The Bertz CT molecular complexity index is 545. The van der Waals surface area contributed by atoms with E-state index in [1.807, 2.05) is 18.2 Å². The molecule has 2 nitrogen and oxygen atoms in total. The van der Waals surface area contributed by atoms with Crippen LogP contribution in [0.1, 0.15) is 23.1 Å². The van der Waals surface area contributed by atoms with Gasteiger partial charge >= 0.3 is 0 Å². The van der Waals surface area contributed by atoms with E-state index in [4.69, 9.17) is 0 Å². The van der Waals surface area contributed by atoms with Gasteiger partial charge in [-0.05, 0) is 41.7 Å². The lowest BCUT2D eigenvalue weighted by Gasteiger charge is -2.24. The molecule has 0 amide bonds. The Morgan fingerprint density at radius 1 is 0.941 bits per heavy atom. The zero-order valence-corrected chi connectivity index (χ0v) is 9.43. The molecule has 1 aliphatic carbocycles. The van der Waals surface area contributed by atoms with E-state index < -0.39 is 5.60 Å². The highest BCUT2D eigenvalue weighted by Gasteiger charge is 2.37. The minimum atomic E-state index is -0.899. The molecule has 1 aliphatic rings. The Morgan fingerprint density at radius 3 is 2.41 bits per heavy atom. The molecule has 3 rings (SSSR count). The van der Waals surface area contributed by atoms with Gasteiger partial charge in [0.15, 0.2) is 0 Å². The number of aromatic hydroxyl groups is 1. The highest BCUT2D eigenvalue weighted by molar-refractivity contribution is 5.45. The van der Waals surface area contributed by atoms with E-state index in [0.717, 1.165) is 17.5 Å². The second-order valence-corrected chi connectivity index (χ2v) is 4.56. The van der Waals surface area contributed by atoms with Crippen LogP contribution in [0.15, 0.2) is 48.5 Å². The molecule has 2 N–H and O–H groups in total. The number of hydrogen-bond donors (Lipinski definition) is 2. The first kappa shape index (κ1) is 10.4. The SMILES string of the molecule is Oc1ccc(C2(O)CCc3ccccc32)cc1. The topological polar surface area (TPSA) is 40.5 Å². The van der Waals surface area contributed by atoms with Gasteiger partial charge in [0, 0.05) is 0 Å². The van der Waals surface area contributed by atoms with Crippen LogP contribution in [0, 0.1) is 0 Å². The Morgan fingerprint density at radius 2 is 1.65 bits per heavy atom. The van der Waals surface area contributed by atoms with Gasteiger partial charge < -0.3 is 10.2 Å². The third-order valence-corrected chi connectivity index (χ3v) is 3.56. The van der Waals surface area contributed by atoms with Crippen molar-refractivity contribution in [3.8, 4) is 5.75 Å². The summed E-state index contributed by atoms with van der Waals surface area (Å²) in [6.45, 7) is 0. The Balaban J connectivity index is 2.12. The van der Waals surface area contributed by atoms with Crippen molar-refractivity contribution in [3.63, 3.8) is 0 Å². The van der Waals surface area contributed by atoms with Crippen molar-refractivity contribution in [3.05, 3.63) is 65.2 Å². The molecule has 0 heterocycles. The number of hydrogen-bond acceptors (Lipinski definition) is 2. The second-order valence-electron chi connectivity index (χ2n) is 4.56. The Labute approximate surface area is 100 Å². The first-order valence-electron chi connectivity index (χ1n) is 5.80. The van der Waals surface area contributed by atoms with Gasteiger partial charge in [-0.1, -0.05) is 36.4 Å². The van der Waals surface area contributed by atoms with Crippen LogP contribution in [0.5, 0.6) is 5.75 Å². The molecule has 0 saturated carbocycles. The average Bonchev–Trinajstić information content (AvgIpc) is 2.70. The first-order chi connectivity index (χ1) is 8.20. The third kappa shape index (κ3) is 1.53. The fourth-order valence-corrected chi connectivity index (χ4v) is 2.63. The van der Waals surface area contributed by atoms with Crippen molar-refractivity contribution < 1.29 is 10.2 Å². The van der Waals surface area contributed by atoms with Gasteiger partial charge in [-0.2, -0.15) is 0 Å². The molecule has 2 heteroatoms. The largest absolute Gasteiger partial charge is 0.508 e. The standard InChI is InChI=1S/C15H14O2/c16-13-7-5-12(6-8-13)15(17)10-9-11-3-1-2-4-14(11)15/h1-8,16-17H,9-10H2. The van der Waals surface area contributed by atoms with Crippen LogP contribution < -0.4 is 0 Å². The first-order valence-corrected chi connectivity index (χ1v) is 5.80. The molecule has 2 aromatic rings. The molecule has 0 aliphatic heterocycles. The van der Waals surface area contributed by atoms with E-state index in [2.05, 4.69) is 6.07 Å². The van der Waals surface area contributed by atoms with Crippen molar-refractivity contribution in [2.45, 2.75) is 18.4 Å². The summed E-state index contributed by atoms with van der Waals surface area (Å²) in [6.07, 6.45) is 1.60. The van der Waals surface area contributed by atoms with Crippen molar-refractivity contribution in [1.29, 1.82) is 0 Å². The number of fused-ring (bicyclic) bond motifs is 1. The van der Waals surface area contributed by atoms with E-state index in [1.165, 1.54) is 5.56 Å². The highest BCUT2D eigenvalue weighted by Crippen LogP contribution is 2.41. The van der Waals surface area contributed by atoms with E-state index in [9.17, 15) is 10.2 Å². The number of aliphatic hydroxyl groups is 1. The number of phenols is 1. The molecule has 1 atom stereocenters. The maximum Gasteiger partial charge on any atom is 0.115 e. The van der Waals surface area contributed by atoms with Crippen LogP contribution in [0.2, 0.25) is 0 Å². The minimum Gasteiger partial charge on any atom is -0.508 e. The zero-order chi connectivity index (χ0) is 11.9. The summed E-state index contributed by atoms with van der Waals surface area (Å²) < 4.78 is 0. The predicted octanol–water partition coefficient (Wildman–Crippen LogP) is 2.57. The Hall–Kier alpha value is -1.80. The quantitative estimate of drug-likeness (QED) is 0.784. The second kappa shape index (κ2) is 3.60. The minimum absolute atomic E-state index is 0.226. The van der Waals surface area contributed by atoms with Gasteiger partial charge in [0.25, 0.3) is 0 Å². The number of benzene rings is 2. The fraction of sp³-hybridized carbons (Fsp3) is 0.200. The summed E-state index contributed by atoms with van der Waals surface area (Å²) in [5.74, 6) is 0.226. The fourth-order valence-electron chi connectivity index (χ4n) is 2.63. The summed E-state index contributed by atoms with van der Waals surface area (Å²) >= 11 is 0. The van der Waals surface area contributed by atoms with Gasteiger partial charge in [-0.3, -0.25) is 0 Å². The van der Waals surface area contributed by atoms with Gasteiger partial charge in [-0.25, -0.2) is 0 Å². The molecular formula is C15H14O2. The van der Waals surface area contributed by atoms with E-state index >= 15 is 0 Å². The molecule has 17 heavy (non-hydrogen) atoms. The zero-order valence-electron chi connectivity index (χ0n) is 9.43. The molecule has 0 fully saturated rings. The molecular weight excluding hydrogens is 212 g/mol. The molecule has 0 saturated heterocycles. The summed E-state index contributed by atoms with van der Waals surface area (Å²) in [5, 5.41) is 20.1. The number of phenolic OH excluding ortho intramolecular Hbond substituents is 1. The molecule has 86 valence electrons. The predicted molar refractivity (Wildman–Crippen MR) is 65.9 cm³/mol. The van der Waals surface area contributed by atoms with E-state index in [-0.39, 0.29) is 5.75 Å². The Kier molecular flexibility index (Phi) is 2.20. The smallest absolute Gasteiger partial charge is 0.115 e. The van der Waals surface area contributed by atoms with Gasteiger partial charge in [0.2, 0.25) is 0 Å². The lowest BCUT2D eigenvalue weighted by atomic mass is 9.88. The van der Waals surface area contributed by atoms with Crippen LogP contribution in [0.4, 0.5) is 0 Å². The molecule has 2 aromatic carbocycles. The van der Waals surface area contributed by atoms with E-state index in [1.54, 1.807) is 24.3 Å². The van der Waals surface area contributed by atoms with Crippen LogP contribution in [-0.4, -0.2) is 10.2 Å². The summed E-state index contributed by atoms with van der Waals surface area (Å²) in [7, 11) is 0. The van der Waals surface area contributed by atoms with Gasteiger partial charge in [-0.15, -0.1) is 0 Å². The van der Waals surface area contributed by atoms with Crippen molar-refractivity contribution in [2.24, 2.45) is 0 Å². The number of aryl methyl sites for hydroxylation is 1. The van der Waals surface area contributed by atoms with E-state index in [0.29, 0.717) is 6.42 Å². The normalized spacial score (nSPS) is 22.4. The van der Waals surface area contributed by atoms with Crippen molar-refractivity contribution >= 4 is 0 Å². The summed E-state index contributed by atoms with van der Waals surface area (Å²) in [5.41, 5.74) is 2.15. The average molecular weight is 226 g/mol.